The molecule has 0 bridgehead atoms. The molecule has 28 heavy (non-hydrogen) atoms. The number of hydrogen-bond donors (Lipinski definition) is 0. The van der Waals surface area contributed by atoms with Crippen molar-refractivity contribution >= 4 is 34.7 Å². The number of hydroxylamine groups is 1. The summed E-state index contributed by atoms with van der Waals surface area (Å²) in [5.41, 5.74) is 1.51. The van der Waals surface area contributed by atoms with Gasteiger partial charge in [-0.3, -0.25) is 9.63 Å². The van der Waals surface area contributed by atoms with Gasteiger partial charge in [0.05, 0.1) is 11.6 Å². The molecule has 0 aliphatic carbocycles. The van der Waals surface area contributed by atoms with Crippen LogP contribution in [0.4, 0.5) is 5.82 Å². The molecule has 4 rings (SSSR count). The molecule has 0 radical (unpaired) electrons. The number of anilines is 1. The lowest BCUT2D eigenvalue weighted by Crippen LogP contribution is -2.37. The number of nitrogens with zero attached hydrogens (tertiary/aromatic N) is 4. The minimum Gasteiger partial charge on any atom is -0.334 e. The van der Waals surface area contributed by atoms with Gasteiger partial charge in [-0.2, -0.15) is 0 Å². The maximum Gasteiger partial charge on any atom is 0.254 e. The number of aromatic nitrogens is 2. The Bertz CT molecular complexity index is 949. The van der Waals surface area contributed by atoms with E-state index >= 15 is 0 Å². The van der Waals surface area contributed by atoms with Gasteiger partial charge in [-0.15, -0.1) is 11.3 Å². The van der Waals surface area contributed by atoms with Crippen molar-refractivity contribution in [3.05, 3.63) is 64.8 Å². The van der Waals surface area contributed by atoms with E-state index < -0.39 is 0 Å². The number of pyridine rings is 1. The molecule has 3 heterocycles. The summed E-state index contributed by atoms with van der Waals surface area (Å²) in [5, 5.41) is 5.05. The van der Waals surface area contributed by atoms with Gasteiger partial charge in [0.25, 0.3) is 5.91 Å². The SMILES string of the molecule is C[C@H]1CN(C(=O)c2ccccc2-c2nccs2)CCN(c2ccc(Cl)cn2)O1. The monoisotopic (exact) mass is 414 g/mol. The van der Waals surface area contributed by atoms with Crippen LogP contribution in [0.1, 0.15) is 17.3 Å². The van der Waals surface area contributed by atoms with Gasteiger partial charge in [0.1, 0.15) is 11.1 Å². The van der Waals surface area contributed by atoms with Gasteiger partial charge in [-0.1, -0.05) is 29.8 Å². The topological polar surface area (TPSA) is 58.6 Å². The fourth-order valence-electron chi connectivity index (χ4n) is 3.17. The third-order valence-corrected chi connectivity index (χ3v) is 5.46. The molecule has 1 aliphatic rings. The second-order valence-corrected chi connectivity index (χ2v) is 7.82. The normalized spacial score (nSPS) is 17.4. The van der Waals surface area contributed by atoms with E-state index in [-0.39, 0.29) is 12.0 Å². The number of amides is 1. The van der Waals surface area contributed by atoms with Gasteiger partial charge >= 0.3 is 0 Å². The minimum absolute atomic E-state index is 0.0211. The molecule has 144 valence electrons. The number of carbonyl (C=O) groups excluding carboxylic acids is 1. The molecule has 0 N–H and O–H groups in total. The lowest BCUT2D eigenvalue weighted by atomic mass is 10.1. The molecule has 3 aromatic rings. The van der Waals surface area contributed by atoms with Crippen LogP contribution in [0.3, 0.4) is 0 Å². The number of benzene rings is 1. The molecule has 1 atom stereocenters. The largest absolute Gasteiger partial charge is 0.334 e. The molecule has 1 saturated heterocycles. The molecule has 6 nitrogen and oxygen atoms in total. The van der Waals surface area contributed by atoms with Crippen LogP contribution in [0.15, 0.2) is 54.2 Å². The zero-order valence-corrected chi connectivity index (χ0v) is 16.9. The van der Waals surface area contributed by atoms with Gasteiger partial charge in [0, 0.05) is 42.0 Å². The molecule has 2 aromatic heterocycles. The maximum atomic E-state index is 13.3. The summed E-state index contributed by atoms with van der Waals surface area (Å²) in [7, 11) is 0. The first-order valence-corrected chi connectivity index (χ1v) is 10.2. The Morgan fingerprint density at radius 2 is 2.07 bits per heavy atom. The van der Waals surface area contributed by atoms with Crippen LogP contribution in [-0.2, 0) is 4.84 Å². The van der Waals surface area contributed by atoms with Crippen LogP contribution in [0.2, 0.25) is 5.02 Å². The molecule has 0 unspecified atom stereocenters. The van der Waals surface area contributed by atoms with Gasteiger partial charge in [0.15, 0.2) is 5.82 Å². The highest BCUT2D eigenvalue weighted by Gasteiger charge is 2.27. The van der Waals surface area contributed by atoms with Crippen LogP contribution in [0, 0.1) is 0 Å². The van der Waals surface area contributed by atoms with Crippen molar-refractivity contribution in [3.63, 3.8) is 0 Å². The van der Waals surface area contributed by atoms with Crippen LogP contribution < -0.4 is 5.06 Å². The fraction of sp³-hybridized carbons (Fsp3) is 0.250. The highest BCUT2D eigenvalue weighted by Crippen LogP contribution is 2.27. The third-order valence-electron chi connectivity index (χ3n) is 4.43. The Labute approximate surface area is 172 Å². The van der Waals surface area contributed by atoms with Crippen molar-refractivity contribution < 1.29 is 9.63 Å². The predicted molar refractivity (Wildman–Crippen MR) is 111 cm³/mol. The van der Waals surface area contributed by atoms with E-state index in [1.807, 2.05) is 47.5 Å². The molecule has 1 aliphatic heterocycles. The molecule has 1 fully saturated rings. The Hall–Kier alpha value is -2.48. The average molecular weight is 415 g/mol. The second kappa shape index (κ2) is 8.26. The van der Waals surface area contributed by atoms with Crippen LogP contribution in [-0.4, -0.2) is 46.5 Å². The smallest absolute Gasteiger partial charge is 0.254 e. The van der Waals surface area contributed by atoms with Crippen molar-refractivity contribution in [2.75, 3.05) is 24.7 Å². The third kappa shape index (κ3) is 4.01. The molecular formula is C20H19ClN4O2S. The molecule has 0 spiro atoms. The highest BCUT2D eigenvalue weighted by molar-refractivity contribution is 7.13. The molecular weight excluding hydrogens is 396 g/mol. The quantitative estimate of drug-likeness (QED) is 0.644. The van der Waals surface area contributed by atoms with Gasteiger partial charge < -0.3 is 4.90 Å². The second-order valence-electron chi connectivity index (χ2n) is 6.49. The number of thiazole rings is 1. The fourth-order valence-corrected chi connectivity index (χ4v) is 3.96. The summed E-state index contributed by atoms with van der Waals surface area (Å²) in [6.07, 6.45) is 3.17. The van der Waals surface area contributed by atoms with Gasteiger partial charge in [-0.25, -0.2) is 15.0 Å². The molecule has 1 amide bonds. The van der Waals surface area contributed by atoms with E-state index in [0.29, 0.717) is 36.0 Å². The minimum atomic E-state index is -0.170. The van der Waals surface area contributed by atoms with E-state index in [4.69, 9.17) is 16.4 Å². The van der Waals surface area contributed by atoms with Crippen LogP contribution in [0.5, 0.6) is 0 Å². The first-order valence-electron chi connectivity index (χ1n) is 8.96. The summed E-state index contributed by atoms with van der Waals surface area (Å²) in [4.78, 5) is 29.8. The van der Waals surface area contributed by atoms with Crippen molar-refractivity contribution in [3.8, 4) is 10.6 Å². The average Bonchev–Trinajstić information content (AvgIpc) is 3.17. The number of hydrogen-bond acceptors (Lipinski definition) is 6. The Balaban J connectivity index is 1.56. The predicted octanol–water partition coefficient (Wildman–Crippen LogP) is 4.14. The number of rotatable bonds is 3. The van der Waals surface area contributed by atoms with Gasteiger partial charge in [0.2, 0.25) is 0 Å². The number of carbonyl (C=O) groups is 1. The van der Waals surface area contributed by atoms with E-state index in [1.165, 1.54) is 11.3 Å². The van der Waals surface area contributed by atoms with Crippen LogP contribution >= 0.6 is 22.9 Å². The van der Waals surface area contributed by atoms with Gasteiger partial charge in [-0.05, 0) is 25.1 Å². The standard InChI is InChI=1S/C20H19ClN4O2S/c1-14-13-24(9-10-25(27-14)18-7-6-15(21)12-23-18)20(26)17-5-3-2-4-16(17)19-22-8-11-28-19/h2-8,11-12,14H,9-10,13H2,1H3/t14-/m0/s1. The Morgan fingerprint density at radius 1 is 1.21 bits per heavy atom. The highest BCUT2D eigenvalue weighted by atomic mass is 35.5. The van der Waals surface area contributed by atoms with Crippen molar-refractivity contribution in [1.29, 1.82) is 0 Å². The Kier molecular flexibility index (Phi) is 5.57. The summed E-state index contributed by atoms with van der Waals surface area (Å²) < 4.78 is 0. The Morgan fingerprint density at radius 3 is 2.82 bits per heavy atom. The first-order chi connectivity index (χ1) is 13.6. The zero-order chi connectivity index (χ0) is 19.5. The lowest BCUT2D eigenvalue weighted by molar-refractivity contribution is 0.0424. The van der Waals surface area contributed by atoms with Crippen LogP contribution in [0.25, 0.3) is 10.6 Å². The summed E-state index contributed by atoms with van der Waals surface area (Å²) >= 11 is 7.45. The molecule has 0 saturated carbocycles. The van der Waals surface area contributed by atoms with E-state index in [0.717, 1.165) is 10.6 Å². The summed E-state index contributed by atoms with van der Waals surface area (Å²) in [6.45, 7) is 3.49. The van der Waals surface area contributed by atoms with Crippen molar-refractivity contribution in [2.24, 2.45) is 0 Å². The van der Waals surface area contributed by atoms with Crippen molar-refractivity contribution in [2.45, 2.75) is 13.0 Å². The molecule has 1 aromatic carbocycles. The number of halogens is 1. The van der Waals surface area contributed by atoms with E-state index in [1.54, 1.807) is 23.5 Å². The summed E-state index contributed by atoms with van der Waals surface area (Å²) in [5.74, 6) is 0.654. The molecule has 8 heteroatoms. The lowest BCUT2D eigenvalue weighted by Gasteiger charge is -2.22. The van der Waals surface area contributed by atoms with Crippen molar-refractivity contribution in [1.82, 2.24) is 14.9 Å². The maximum absolute atomic E-state index is 13.3. The van der Waals surface area contributed by atoms with E-state index in [2.05, 4.69) is 9.97 Å². The zero-order valence-electron chi connectivity index (χ0n) is 15.3. The first kappa shape index (κ1) is 18.9. The van der Waals surface area contributed by atoms with E-state index in [9.17, 15) is 4.79 Å². The summed E-state index contributed by atoms with van der Waals surface area (Å²) in [6, 6.07) is 11.2.